The molecule has 4 rings (SSSR count). The number of aromatic nitrogens is 3. The predicted octanol–water partition coefficient (Wildman–Crippen LogP) is 2.89. The minimum Gasteiger partial charge on any atom is -0.367 e. The second kappa shape index (κ2) is 6.86. The normalized spacial score (nSPS) is 20.5. The largest absolute Gasteiger partial charge is 0.367 e. The molecule has 1 amide bonds. The number of imidazole rings is 1. The molecule has 1 aliphatic heterocycles. The fourth-order valence-corrected chi connectivity index (χ4v) is 3.54. The molecule has 2 aromatic rings. The van der Waals surface area contributed by atoms with Crippen LogP contribution in [0.15, 0.2) is 30.7 Å². The zero-order chi connectivity index (χ0) is 17.2. The highest BCUT2D eigenvalue weighted by Crippen LogP contribution is 2.25. The quantitative estimate of drug-likeness (QED) is 0.910. The van der Waals surface area contributed by atoms with Crippen molar-refractivity contribution in [3.05, 3.63) is 42.1 Å². The van der Waals surface area contributed by atoms with Crippen molar-refractivity contribution in [2.45, 2.75) is 51.1 Å². The van der Waals surface area contributed by atoms with E-state index in [4.69, 9.17) is 0 Å². The molecule has 1 aliphatic carbocycles. The van der Waals surface area contributed by atoms with Gasteiger partial charge in [0.05, 0.1) is 11.6 Å². The Morgan fingerprint density at radius 3 is 2.88 bits per heavy atom. The number of pyridine rings is 1. The molecule has 2 aliphatic rings. The van der Waals surface area contributed by atoms with E-state index in [1.807, 2.05) is 29.4 Å². The Morgan fingerprint density at radius 2 is 2.16 bits per heavy atom. The first-order chi connectivity index (χ1) is 12.2. The van der Waals surface area contributed by atoms with Gasteiger partial charge in [-0.3, -0.25) is 4.79 Å². The Balaban J connectivity index is 1.44. The maximum absolute atomic E-state index is 12.9. The van der Waals surface area contributed by atoms with E-state index in [9.17, 15) is 4.79 Å². The number of carbonyl (C=O) groups excluding carboxylic acids is 1. The second-order valence-corrected chi connectivity index (χ2v) is 7.00. The van der Waals surface area contributed by atoms with Gasteiger partial charge in [-0.15, -0.1) is 0 Å². The lowest BCUT2D eigenvalue weighted by Gasteiger charge is -2.34. The van der Waals surface area contributed by atoms with E-state index in [1.165, 1.54) is 12.8 Å². The molecule has 1 atom stereocenters. The molecule has 6 heteroatoms. The third-order valence-electron chi connectivity index (χ3n) is 5.08. The van der Waals surface area contributed by atoms with Gasteiger partial charge < -0.3 is 14.8 Å². The first-order valence-electron chi connectivity index (χ1n) is 9.28. The summed E-state index contributed by atoms with van der Waals surface area (Å²) in [7, 11) is 0. The Morgan fingerprint density at radius 1 is 1.28 bits per heavy atom. The van der Waals surface area contributed by atoms with Gasteiger partial charge in [0.25, 0.3) is 5.91 Å². The Hall–Kier alpha value is -2.37. The summed E-state index contributed by atoms with van der Waals surface area (Å²) in [5.41, 5.74) is 0.670. The monoisotopic (exact) mass is 339 g/mol. The lowest BCUT2D eigenvalue weighted by molar-refractivity contribution is 0.0677. The number of carbonyl (C=O) groups is 1. The highest BCUT2D eigenvalue weighted by molar-refractivity contribution is 5.94. The van der Waals surface area contributed by atoms with E-state index in [0.29, 0.717) is 17.6 Å². The molecule has 3 heterocycles. The third-order valence-corrected chi connectivity index (χ3v) is 5.08. The molecule has 2 aromatic heterocycles. The van der Waals surface area contributed by atoms with Gasteiger partial charge in [0.15, 0.2) is 0 Å². The summed E-state index contributed by atoms with van der Waals surface area (Å²) in [5.74, 6) is 2.03. The summed E-state index contributed by atoms with van der Waals surface area (Å²) < 4.78 is 2.24. The SMILES string of the molecule is CCc1nccn1[C@@H]1CCCN(C(=O)c2ccc(NC3CC3)nc2)C1. The Kier molecular flexibility index (Phi) is 4.42. The highest BCUT2D eigenvalue weighted by atomic mass is 16.2. The predicted molar refractivity (Wildman–Crippen MR) is 96.7 cm³/mol. The average Bonchev–Trinajstić information content (AvgIpc) is 3.34. The molecule has 1 N–H and O–H groups in total. The molecule has 2 fully saturated rings. The minimum atomic E-state index is 0.0772. The topological polar surface area (TPSA) is 63.1 Å². The molecule has 25 heavy (non-hydrogen) atoms. The Labute approximate surface area is 148 Å². The van der Waals surface area contributed by atoms with Crippen LogP contribution in [0.5, 0.6) is 0 Å². The van der Waals surface area contributed by atoms with Crippen LogP contribution in [0.25, 0.3) is 0 Å². The summed E-state index contributed by atoms with van der Waals surface area (Å²) >= 11 is 0. The third kappa shape index (κ3) is 3.52. The van der Waals surface area contributed by atoms with Crippen molar-refractivity contribution in [2.24, 2.45) is 0 Å². The number of likely N-dealkylation sites (tertiary alicyclic amines) is 1. The van der Waals surface area contributed by atoms with Crippen molar-refractivity contribution >= 4 is 11.7 Å². The van der Waals surface area contributed by atoms with Gasteiger partial charge in [0.2, 0.25) is 0 Å². The van der Waals surface area contributed by atoms with E-state index in [0.717, 1.165) is 44.0 Å². The summed E-state index contributed by atoms with van der Waals surface area (Å²) in [6, 6.07) is 4.69. The lowest BCUT2D eigenvalue weighted by Crippen LogP contribution is -2.41. The van der Waals surface area contributed by atoms with E-state index in [-0.39, 0.29) is 5.91 Å². The van der Waals surface area contributed by atoms with E-state index in [1.54, 1.807) is 6.20 Å². The standard InChI is InChI=1S/C19H25N5O/c1-2-18-20-9-11-24(18)16-4-3-10-23(13-16)19(25)14-5-8-17(21-12-14)22-15-6-7-15/h5,8-9,11-12,15-16H,2-4,6-7,10,13H2,1H3,(H,21,22)/t16-/m1/s1. The van der Waals surface area contributed by atoms with Crippen LogP contribution < -0.4 is 5.32 Å². The number of hydrogen-bond acceptors (Lipinski definition) is 4. The van der Waals surface area contributed by atoms with Gasteiger partial charge in [-0.05, 0) is 37.8 Å². The van der Waals surface area contributed by atoms with E-state index < -0.39 is 0 Å². The number of nitrogens with zero attached hydrogens (tertiary/aromatic N) is 4. The van der Waals surface area contributed by atoms with Gasteiger partial charge >= 0.3 is 0 Å². The molecule has 1 saturated carbocycles. The summed E-state index contributed by atoms with van der Waals surface area (Å²) in [4.78, 5) is 23.6. The number of amides is 1. The van der Waals surface area contributed by atoms with Crippen LogP contribution in [0.3, 0.4) is 0 Å². The summed E-state index contributed by atoms with van der Waals surface area (Å²) in [5, 5.41) is 3.35. The van der Waals surface area contributed by atoms with Gasteiger partial charge in [0.1, 0.15) is 11.6 Å². The zero-order valence-electron chi connectivity index (χ0n) is 14.7. The lowest BCUT2D eigenvalue weighted by atomic mass is 10.0. The van der Waals surface area contributed by atoms with Crippen molar-refractivity contribution in [1.29, 1.82) is 0 Å². The summed E-state index contributed by atoms with van der Waals surface area (Å²) in [6.45, 7) is 3.67. The van der Waals surface area contributed by atoms with Gasteiger partial charge in [0, 0.05) is 44.1 Å². The van der Waals surface area contributed by atoms with Crippen LogP contribution in [0.1, 0.15) is 54.8 Å². The van der Waals surface area contributed by atoms with E-state index >= 15 is 0 Å². The van der Waals surface area contributed by atoms with Crippen molar-refractivity contribution in [2.75, 3.05) is 18.4 Å². The molecule has 1 saturated heterocycles. The average molecular weight is 339 g/mol. The fourth-order valence-electron chi connectivity index (χ4n) is 3.54. The van der Waals surface area contributed by atoms with Crippen molar-refractivity contribution in [1.82, 2.24) is 19.4 Å². The second-order valence-electron chi connectivity index (χ2n) is 7.00. The van der Waals surface area contributed by atoms with Gasteiger partial charge in [-0.25, -0.2) is 9.97 Å². The maximum Gasteiger partial charge on any atom is 0.255 e. The van der Waals surface area contributed by atoms with Crippen LogP contribution in [-0.4, -0.2) is 44.5 Å². The fraction of sp³-hybridized carbons (Fsp3) is 0.526. The van der Waals surface area contributed by atoms with Crippen molar-refractivity contribution in [3.63, 3.8) is 0 Å². The number of anilines is 1. The number of hydrogen-bond donors (Lipinski definition) is 1. The highest BCUT2D eigenvalue weighted by Gasteiger charge is 2.27. The van der Waals surface area contributed by atoms with Crippen LogP contribution in [0.2, 0.25) is 0 Å². The number of piperidine rings is 1. The van der Waals surface area contributed by atoms with Crippen LogP contribution in [-0.2, 0) is 6.42 Å². The molecule has 132 valence electrons. The number of aryl methyl sites for hydroxylation is 1. The molecular weight excluding hydrogens is 314 g/mol. The number of rotatable bonds is 5. The molecule has 0 spiro atoms. The molecule has 0 aromatic carbocycles. The van der Waals surface area contributed by atoms with Gasteiger partial charge in [-0.2, -0.15) is 0 Å². The Bertz CT molecular complexity index is 735. The van der Waals surface area contributed by atoms with Crippen LogP contribution in [0.4, 0.5) is 5.82 Å². The molecule has 0 bridgehead atoms. The first kappa shape index (κ1) is 16.1. The molecule has 0 radical (unpaired) electrons. The molecule has 0 unspecified atom stereocenters. The van der Waals surface area contributed by atoms with E-state index in [2.05, 4.69) is 26.8 Å². The van der Waals surface area contributed by atoms with Crippen molar-refractivity contribution in [3.8, 4) is 0 Å². The zero-order valence-corrected chi connectivity index (χ0v) is 14.7. The minimum absolute atomic E-state index is 0.0772. The molecule has 6 nitrogen and oxygen atoms in total. The van der Waals surface area contributed by atoms with Crippen LogP contribution >= 0.6 is 0 Å². The van der Waals surface area contributed by atoms with Crippen LogP contribution in [0, 0.1) is 0 Å². The van der Waals surface area contributed by atoms with Gasteiger partial charge in [-0.1, -0.05) is 6.92 Å². The molecular formula is C19H25N5O. The summed E-state index contributed by atoms with van der Waals surface area (Å²) in [6.07, 6.45) is 11.0. The van der Waals surface area contributed by atoms with Crippen molar-refractivity contribution < 1.29 is 4.79 Å². The maximum atomic E-state index is 12.9. The number of nitrogens with one attached hydrogen (secondary N) is 1. The smallest absolute Gasteiger partial charge is 0.255 e. The first-order valence-corrected chi connectivity index (χ1v) is 9.28.